The van der Waals surface area contributed by atoms with Crippen LogP contribution in [0.4, 0.5) is 5.82 Å². The Balaban J connectivity index is 2.98. The van der Waals surface area contributed by atoms with Gasteiger partial charge in [0, 0.05) is 19.5 Å². The lowest BCUT2D eigenvalue weighted by atomic mass is 10.4. The fourth-order valence-corrected chi connectivity index (χ4v) is 1.68. The fraction of sp³-hybridized carbons (Fsp3) is 0.667. The maximum atomic E-state index is 11.7. The van der Waals surface area contributed by atoms with E-state index in [-0.39, 0.29) is 5.69 Å². The van der Waals surface area contributed by atoms with E-state index in [1.165, 1.54) is 0 Å². The normalized spacial score (nSPS) is 10.9. The maximum absolute atomic E-state index is 11.7. The Hall–Kier alpha value is -1.56. The van der Waals surface area contributed by atoms with Crippen LogP contribution in [-0.4, -0.2) is 47.7 Å². The fourth-order valence-electron chi connectivity index (χ4n) is 1.68. The molecule has 1 heterocycles. The smallest absolute Gasteiger partial charge is 0.360 e. The Morgan fingerprint density at radius 2 is 2.11 bits per heavy atom. The van der Waals surface area contributed by atoms with E-state index in [9.17, 15) is 4.79 Å². The number of esters is 1. The second-order valence-electron chi connectivity index (χ2n) is 4.29. The van der Waals surface area contributed by atoms with Gasteiger partial charge in [0.1, 0.15) is 11.6 Å². The average molecular weight is 254 g/mol. The van der Waals surface area contributed by atoms with Gasteiger partial charge in [0.05, 0.1) is 6.61 Å². The van der Waals surface area contributed by atoms with E-state index in [1.807, 2.05) is 25.6 Å². The SMILES string of the molecule is CCOC(=O)c1nc(CC)n(CCN(C)C)c1N. The molecule has 6 heteroatoms. The predicted molar refractivity (Wildman–Crippen MR) is 70.5 cm³/mol. The first-order chi connectivity index (χ1) is 8.51. The third-order valence-corrected chi connectivity index (χ3v) is 2.64. The predicted octanol–water partition coefficient (Wildman–Crippen LogP) is 0.766. The van der Waals surface area contributed by atoms with E-state index >= 15 is 0 Å². The molecule has 0 saturated carbocycles. The quantitative estimate of drug-likeness (QED) is 0.759. The standard InChI is InChI=1S/C12H22N4O2/c1-5-9-14-10(12(17)18-6-2)11(13)16(9)8-7-15(3)4/h5-8,13H2,1-4H3. The van der Waals surface area contributed by atoms with E-state index in [0.717, 1.165) is 18.8 Å². The van der Waals surface area contributed by atoms with Gasteiger partial charge in [0.2, 0.25) is 0 Å². The molecule has 18 heavy (non-hydrogen) atoms. The molecule has 0 saturated heterocycles. The van der Waals surface area contributed by atoms with Crippen molar-refractivity contribution in [1.82, 2.24) is 14.5 Å². The molecule has 1 rings (SSSR count). The van der Waals surface area contributed by atoms with Crippen LogP contribution in [0.15, 0.2) is 0 Å². The summed E-state index contributed by atoms with van der Waals surface area (Å²) in [5.74, 6) is 0.762. The first-order valence-electron chi connectivity index (χ1n) is 6.17. The maximum Gasteiger partial charge on any atom is 0.360 e. The summed E-state index contributed by atoms with van der Waals surface area (Å²) in [7, 11) is 3.98. The number of nitrogens with two attached hydrogens (primary N) is 1. The molecule has 0 aliphatic rings. The highest BCUT2D eigenvalue weighted by Crippen LogP contribution is 2.16. The second-order valence-corrected chi connectivity index (χ2v) is 4.29. The molecule has 0 aromatic carbocycles. The average Bonchev–Trinajstić information content (AvgIpc) is 2.63. The topological polar surface area (TPSA) is 73.4 Å². The van der Waals surface area contributed by atoms with Gasteiger partial charge in [0.25, 0.3) is 0 Å². The molecule has 2 N–H and O–H groups in total. The third kappa shape index (κ3) is 3.22. The van der Waals surface area contributed by atoms with E-state index in [1.54, 1.807) is 6.92 Å². The monoisotopic (exact) mass is 254 g/mol. The minimum atomic E-state index is -0.451. The number of anilines is 1. The summed E-state index contributed by atoms with van der Waals surface area (Å²) in [6.07, 6.45) is 0.733. The van der Waals surface area contributed by atoms with E-state index in [0.29, 0.717) is 19.0 Å². The number of ether oxygens (including phenoxy) is 1. The molecule has 0 atom stereocenters. The summed E-state index contributed by atoms with van der Waals surface area (Å²) in [6, 6.07) is 0. The van der Waals surface area contributed by atoms with E-state index in [2.05, 4.69) is 9.88 Å². The number of hydrogen-bond donors (Lipinski definition) is 1. The van der Waals surface area contributed by atoms with Gasteiger partial charge in [-0.05, 0) is 21.0 Å². The van der Waals surface area contributed by atoms with Crippen molar-refractivity contribution in [1.29, 1.82) is 0 Å². The molecule has 1 aromatic rings. The van der Waals surface area contributed by atoms with Crippen LogP contribution in [0, 0.1) is 0 Å². The number of rotatable bonds is 6. The number of carbonyl (C=O) groups excluding carboxylic acids is 1. The Morgan fingerprint density at radius 1 is 1.44 bits per heavy atom. The van der Waals surface area contributed by atoms with Gasteiger partial charge in [-0.15, -0.1) is 0 Å². The van der Waals surface area contributed by atoms with Gasteiger partial charge in [-0.2, -0.15) is 0 Å². The zero-order valence-electron chi connectivity index (χ0n) is 11.6. The molecule has 0 amide bonds. The lowest BCUT2D eigenvalue weighted by Crippen LogP contribution is -2.20. The van der Waals surface area contributed by atoms with Crippen molar-refractivity contribution in [3.63, 3.8) is 0 Å². The number of likely N-dealkylation sites (N-methyl/N-ethyl adjacent to an activating group) is 1. The van der Waals surface area contributed by atoms with Crippen molar-refractivity contribution in [2.24, 2.45) is 0 Å². The zero-order valence-corrected chi connectivity index (χ0v) is 11.6. The molecule has 0 unspecified atom stereocenters. The summed E-state index contributed by atoms with van der Waals surface area (Å²) in [6.45, 7) is 5.63. The second kappa shape index (κ2) is 6.39. The van der Waals surface area contributed by atoms with Gasteiger partial charge < -0.3 is 19.9 Å². The molecule has 0 aliphatic carbocycles. The van der Waals surface area contributed by atoms with Crippen LogP contribution < -0.4 is 5.73 Å². The van der Waals surface area contributed by atoms with Gasteiger partial charge in [0.15, 0.2) is 5.69 Å². The van der Waals surface area contributed by atoms with E-state index < -0.39 is 5.97 Å². The largest absolute Gasteiger partial charge is 0.461 e. The number of imidazole rings is 1. The highest BCUT2D eigenvalue weighted by atomic mass is 16.5. The summed E-state index contributed by atoms with van der Waals surface area (Å²) in [5, 5.41) is 0. The highest BCUT2D eigenvalue weighted by Gasteiger charge is 2.20. The van der Waals surface area contributed by atoms with Crippen LogP contribution in [0.5, 0.6) is 0 Å². The van der Waals surface area contributed by atoms with Gasteiger partial charge in [-0.3, -0.25) is 0 Å². The summed E-state index contributed by atoms with van der Waals surface area (Å²) in [5.41, 5.74) is 6.21. The van der Waals surface area contributed by atoms with Gasteiger partial charge >= 0.3 is 5.97 Å². The minimum Gasteiger partial charge on any atom is -0.461 e. The number of carbonyl (C=O) groups is 1. The number of aromatic nitrogens is 2. The molecule has 1 aromatic heterocycles. The lowest BCUT2D eigenvalue weighted by molar-refractivity contribution is 0.0521. The molecule has 102 valence electrons. The lowest BCUT2D eigenvalue weighted by Gasteiger charge is -2.13. The number of aryl methyl sites for hydroxylation is 1. The van der Waals surface area contributed by atoms with Crippen LogP contribution in [0.1, 0.15) is 30.2 Å². The molecular formula is C12H22N4O2. The third-order valence-electron chi connectivity index (χ3n) is 2.64. The van der Waals surface area contributed by atoms with Crippen LogP contribution >= 0.6 is 0 Å². The Bertz CT molecular complexity index is 412. The Morgan fingerprint density at radius 3 is 2.61 bits per heavy atom. The zero-order chi connectivity index (χ0) is 13.7. The minimum absolute atomic E-state index is 0.229. The first kappa shape index (κ1) is 14.5. The first-order valence-corrected chi connectivity index (χ1v) is 6.17. The number of nitrogens with zero attached hydrogens (tertiary/aromatic N) is 3. The highest BCUT2D eigenvalue weighted by molar-refractivity contribution is 5.92. The molecular weight excluding hydrogens is 232 g/mol. The van der Waals surface area contributed by atoms with Crippen molar-refractivity contribution < 1.29 is 9.53 Å². The molecule has 0 spiro atoms. The van der Waals surface area contributed by atoms with Crippen molar-refractivity contribution in [3.05, 3.63) is 11.5 Å². The Kier molecular flexibility index (Phi) is 5.15. The number of hydrogen-bond acceptors (Lipinski definition) is 5. The summed E-state index contributed by atoms with van der Waals surface area (Å²) >= 11 is 0. The summed E-state index contributed by atoms with van der Waals surface area (Å²) < 4.78 is 6.82. The van der Waals surface area contributed by atoms with Crippen LogP contribution in [0.3, 0.4) is 0 Å². The van der Waals surface area contributed by atoms with Gasteiger partial charge in [-0.1, -0.05) is 6.92 Å². The summed E-state index contributed by atoms with van der Waals surface area (Å²) in [4.78, 5) is 18.0. The molecule has 6 nitrogen and oxygen atoms in total. The van der Waals surface area contributed by atoms with Crippen LogP contribution in [0.25, 0.3) is 0 Å². The van der Waals surface area contributed by atoms with Crippen molar-refractivity contribution >= 4 is 11.8 Å². The molecule has 0 fully saturated rings. The van der Waals surface area contributed by atoms with Gasteiger partial charge in [-0.25, -0.2) is 9.78 Å². The van der Waals surface area contributed by atoms with Crippen LogP contribution in [-0.2, 0) is 17.7 Å². The van der Waals surface area contributed by atoms with Crippen molar-refractivity contribution in [3.8, 4) is 0 Å². The van der Waals surface area contributed by atoms with Crippen LogP contribution in [0.2, 0.25) is 0 Å². The number of nitrogen functional groups attached to an aromatic ring is 1. The van der Waals surface area contributed by atoms with E-state index in [4.69, 9.17) is 10.5 Å². The molecule has 0 aliphatic heterocycles. The molecule has 0 radical (unpaired) electrons. The van der Waals surface area contributed by atoms with Crippen molar-refractivity contribution in [2.45, 2.75) is 26.8 Å². The Labute approximate surface area is 108 Å². The van der Waals surface area contributed by atoms with Crippen molar-refractivity contribution in [2.75, 3.05) is 33.0 Å². The molecule has 0 bridgehead atoms.